The van der Waals surface area contributed by atoms with Crippen molar-refractivity contribution in [2.75, 3.05) is 6.54 Å². The maximum atomic E-state index is 12.0. The number of esters is 2. The highest BCUT2D eigenvalue weighted by atomic mass is 16.6. The lowest BCUT2D eigenvalue weighted by atomic mass is 9.66. The van der Waals surface area contributed by atoms with Crippen molar-refractivity contribution >= 4 is 11.9 Å². The Hall–Kier alpha value is -1.22. The molecule has 8 atom stereocenters. The molecular weight excluding hydrogens is 496 g/mol. The SMILES string of the molecule is CCCCCC(CC(CCC1CC(OC2CCCCC2)C(O)CC1C1CCNC(N)C1)OC(C)=O)OC(C)=O. The van der Waals surface area contributed by atoms with Crippen LogP contribution in [0.15, 0.2) is 0 Å². The van der Waals surface area contributed by atoms with E-state index >= 15 is 0 Å². The van der Waals surface area contributed by atoms with Crippen molar-refractivity contribution in [2.24, 2.45) is 23.5 Å². The van der Waals surface area contributed by atoms with Gasteiger partial charge in [0.05, 0.1) is 24.5 Å². The molecule has 0 aromatic rings. The quantitative estimate of drug-likeness (QED) is 0.204. The number of aliphatic hydroxyl groups is 1. The zero-order chi connectivity index (χ0) is 28.2. The summed E-state index contributed by atoms with van der Waals surface area (Å²) >= 11 is 0. The first-order valence-corrected chi connectivity index (χ1v) is 15.9. The minimum absolute atomic E-state index is 0.000779. The Morgan fingerprint density at radius 3 is 2.28 bits per heavy atom. The highest BCUT2D eigenvalue weighted by molar-refractivity contribution is 5.66. The third-order valence-corrected chi connectivity index (χ3v) is 9.27. The molecule has 2 saturated carbocycles. The summed E-state index contributed by atoms with van der Waals surface area (Å²) in [7, 11) is 0. The lowest BCUT2D eigenvalue weighted by Gasteiger charge is -2.46. The number of rotatable bonds is 14. The lowest BCUT2D eigenvalue weighted by Crippen LogP contribution is -2.50. The van der Waals surface area contributed by atoms with Gasteiger partial charge in [0.15, 0.2) is 0 Å². The van der Waals surface area contributed by atoms with Crippen molar-refractivity contribution in [3.8, 4) is 0 Å². The van der Waals surface area contributed by atoms with Crippen LogP contribution in [0.2, 0.25) is 0 Å². The third kappa shape index (κ3) is 11.3. The summed E-state index contributed by atoms with van der Waals surface area (Å²) in [6.45, 7) is 5.96. The van der Waals surface area contributed by atoms with Gasteiger partial charge in [0, 0.05) is 20.3 Å². The van der Waals surface area contributed by atoms with Gasteiger partial charge in [0.1, 0.15) is 12.2 Å². The summed E-state index contributed by atoms with van der Waals surface area (Å²) in [5.74, 6) is 0.609. The van der Waals surface area contributed by atoms with E-state index in [-0.39, 0.29) is 42.5 Å². The predicted molar refractivity (Wildman–Crippen MR) is 152 cm³/mol. The molecule has 0 bridgehead atoms. The molecule has 1 heterocycles. The molecule has 2 aliphatic carbocycles. The molecule has 0 aromatic heterocycles. The highest BCUT2D eigenvalue weighted by Crippen LogP contribution is 2.43. The average molecular weight is 553 g/mol. The molecule has 1 saturated heterocycles. The number of nitrogens with two attached hydrogens (primary N) is 1. The van der Waals surface area contributed by atoms with Crippen LogP contribution in [0, 0.1) is 17.8 Å². The zero-order valence-corrected chi connectivity index (χ0v) is 24.8. The molecule has 3 rings (SSSR count). The van der Waals surface area contributed by atoms with E-state index in [4.69, 9.17) is 19.9 Å². The van der Waals surface area contributed by atoms with Gasteiger partial charge in [-0.1, -0.05) is 39.0 Å². The highest BCUT2D eigenvalue weighted by Gasteiger charge is 2.42. The molecule has 3 aliphatic rings. The molecule has 226 valence electrons. The molecule has 8 unspecified atom stereocenters. The number of carbonyl (C=O) groups excluding carboxylic acids is 2. The van der Waals surface area contributed by atoms with Gasteiger partial charge in [0.2, 0.25) is 0 Å². The van der Waals surface area contributed by atoms with Gasteiger partial charge < -0.3 is 30.4 Å². The van der Waals surface area contributed by atoms with Crippen LogP contribution in [0.4, 0.5) is 0 Å². The number of ether oxygens (including phenoxy) is 3. The molecule has 0 spiro atoms. The van der Waals surface area contributed by atoms with Gasteiger partial charge in [-0.2, -0.15) is 0 Å². The summed E-state index contributed by atoms with van der Waals surface area (Å²) < 4.78 is 18.0. The number of piperidine rings is 1. The number of aliphatic hydroxyl groups excluding tert-OH is 1. The Balaban J connectivity index is 1.69. The fourth-order valence-electron chi connectivity index (χ4n) is 7.36. The van der Waals surface area contributed by atoms with E-state index in [9.17, 15) is 14.7 Å². The molecule has 8 nitrogen and oxygen atoms in total. The molecule has 8 heteroatoms. The lowest BCUT2D eigenvalue weighted by molar-refractivity contribution is -0.154. The summed E-state index contributed by atoms with van der Waals surface area (Å²) in [5.41, 5.74) is 6.29. The number of carbonyl (C=O) groups is 2. The van der Waals surface area contributed by atoms with E-state index in [0.29, 0.717) is 24.2 Å². The number of nitrogens with one attached hydrogen (secondary N) is 1. The van der Waals surface area contributed by atoms with Crippen LogP contribution in [-0.2, 0) is 23.8 Å². The largest absolute Gasteiger partial charge is 0.462 e. The van der Waals surface area contributed by atoms with Gasteiger partial charge in [-0.15, -0.1) is 0 Å². The minimum atomic E-state index is -0.449. The van der Waals surface area contributed by atoms with E-state index in [1.807, 2.05) is 0 Å². The molecule has 4 N–H and O–H groups in total. The topological polar surface area (TPSA) is 120 Å². The van der Waals surface area contributed by atoms with E-state index in [0.717, 1.165) is 83.6 Å². The van der Waals surface area contributed by atoms with Gasteiger partial charge in [-0.05, 0) is 88.5 Å². The Bertz CT molecular complexity index is 730. The Kier molecular flexibility index (Phi) is 14.0. The van der Waals surface area contributed by atoms with Gasteiger partial charge in [-0.25, -0.2) is 0 Å². The van der Waals surface area contributed by atoms with Crippen molar-refractivity contribution < 1.29 is 28.9 Å². The number of hydrogen-bond acceptors (Lipinski definition) is 8. The van der Waals surface area contributed by atoms with Crippen molar-refractivity contribution in [3.63, 3.8) is 0 Å². The zero-order valence-electron chi connectivity index (χ0n) is 24.8. The maximum Gasteiger partial charge on any atom is 0.302 e. The van der Waals surface area contributed by atoms with Crippen LogP contribution < -0.4 is 11.1 Å². The monoisotopic (exact) mass is 552 g/mol. The number of unbranched alkanes of at least 4 members (excludes halogenated alkanes) is 2. The van der Waals surface area contributed by atoms with Crippen LogP contribution in [-0.4, -0.2) is 60.3 Å². The predicted octanol–water partition coefficient (Wildman–Crippen LogP) is 4.99. The maximum absolute atomic E-state index is 12.0. The number of hydrogen-bond donors (Lipinski definition) is 3. The van der Waals surface area contributed by atoms with Gasteiger partial charge in [0.25, 0.3) is 0 Å². The Labute approximate surface area is 236 Å². The summed E-state index contributed by atoms with van der Waals surface area (Å²) in [5, 5.41) is 14.6. The van der Waals surface area contributed by atoms with Crippen molar-refractivity contribution in [1.29, 1.82) is 0 Å². The second-order valence-electron chi connectivity index (χ2n) is 12.5. The normalized spacial score (nSPS) is 31.8. The second kappa shape index (κ2) is 16.9. The smallest absolute Gasteiger partial charge is 0.302 e. The second-order valence-corrected chi connectivity index (χ2v) is 12.5. The van der Waals surface area contributed by atoms with Crippen LogP contribution in [0.3, 0.4) is 0 Å². The standard InChI is InChI=1S/C31H56N2O6/c1-4-5-7-12-26(37-21(2)34)19-27(38-22(3)35)14-13-23-17-30(39-25-10-8-6-9-11-25)29(36)20-28(23)24-15-16-33-31(32)18-24/h23-31,33,36H,4-20,32H2,1-3H3. The van der Waals surface area contributed by atoms with E-state index in [2.05, 4.69) is 12.2 Å². The van der Waals surface area contributed by atoms with Crippen molar-refractivity contribution in [3.05, 3.63) is 0 Å². The average Bonchev–Trinajstić information content (AvgIpc) is 2.88. The van der Waals surface area contributed by atoms with Crippen molar-refractivity contribution in [1.82, 2.24) is 5.32 Å². The van der Waals surface area contributed by atoms with Crippen LogP contribution in [0.5, 0.6) is 0 Å². The first kappa shape index (κ1) is 32.3. The summed E-state index contributed by atoms with van der Waals surface area (Å²) in [6, 6.07) is 0. The van der Waals surface area contributed by atoms with E-state index < -0.39 is 6.10 Å². The fourth-order valence-corrected chi connectivity index (χ4v) is 7.36. The van der Waals surface area contributed by atoms with Crippen LogP contribution >= 0.6 is 0 Å². The Morgan fingerprint density at radius 1 is 0.949 bits per heavy atom. The van der Waals surface area contributed by atoms with Gasteiger partial charge in [-0.3, -0.25) is 9.59 Å². The molecule has 39 heavy (non-hydrogen) atoms. The first-order valence-electron chi connectivity index (χ1n) is 15.9. The molecular formula is C31H56N2O6. The van der Waals surface area contributed by atoms with Crippen LogP contribution in [0.1, 0.15) is 124 Å². The third-order valence-electron chi connectivity index (χ3n) is 9.27. The molecule has 0 amide bonds. The first-order chi connectivity index (χ1) is 18.7. The molecule has 3 fully saturated rings. The molecule has 1 aliphatic heterocycles. The molecule has 0 aromatic carbocycles. The van der Waals surface area contributed by atoms with Gasteiger partial charge >= 0.3 is 11.9 Å². The summed E-state index contributed by atoms with van der Waals surface area (Å²) in [6.07, 6.45) is 14.6. The van der Waals surface area contributed by atoms with Crippen LogP contribution in [0.25, 0.3) is 0 Å². The fraction of sp³-hybridized carbons (Fsp3) is 0.935. The summed E-state index contributed by atoms with van der Waals surface area (Å²) in [4.78, 5) is 23.8. The van der Waals surface area contributed by atoms with E-state index in [1.165, 1.54) is 33.1 Å². The Morgan fingerprint density at radius 2 is 1.64 bits per heavy atom. The van der Waals surface area contributed by atoms with E-state index in [1.54, 1.807) is 0 Å². The van der Waals surface area contributed by atoms with Crippen molar-refractivity contribution in [2.45, 2.75) is 160 Å². The molecule has 0 radical (unpaired) electrons. The minimum Gasteiger partial charge on any atom is -0.462 e.